The Morgan fingerprint density at radius 2 is 1.62 bits per heavy atom. The molecule has 0 bridgehead atoms. The maximum absolute atomic E-state index is 4.74. The maximum Gasteiger partial charge on any atom is 0.131 e. The standard InChI is InChI=1S/C14H24N2/c1-7-8-12-11(6)15-14(10(4)5)16-13(12)9(2)3/h9-10H,7-8H2,1-6H3. The summed E-state index contributed by atoms with van der Waals surface area (Å²) >= 11 is 0. The number of aromatic nitrogens is 2. The highest BCUT2D eigenvalue weighted by molar-refractivity contribution is 5.28. The Kier molecular flexibility index (Phi) is 4.45. The lowest BCUT2D eigenvalue weighted by atomic mass is 9.98. The van der Waals surface area contributed by atoms with E-state index in [9.17, 15) is 0 Å². The molecule has 1 aromatic rings. The Labute approximate surface area is 99.5 Å². The van der Waals surface area contributed by atoms with Gasteiger partial charge in [0.15, 0.2) is 0 Å². The summed E-state index contributed by atoms with van der Waals surface area (Å²) in [5.74, 6) is 1.88. The van der Waals surface area contributed by atoms with Gasteiger partial charge in [-0.15, -0.1) is 0 Å². The van der Waals surface area contributed by atoms with Gasteiger partial charge in [-0.1, -0.05) is 41.0 Å². The van der Waals surface area contributed by atoms with Crippen molar-refractivity contribution in [2.45, 2.75) is 66.2 Å². The van der Waals surface area contributed by atoms with Crippen molar-refractivity contribution in [3.05, 3.63) is 22.8 Å². The van der Waals surface area contributed by atoms with Crippen LogP contribution in [0.25, 0.3) is 0 Å². The molecule has 16 heavy (non-hydrogen) atoms. The molecule has 2 nitrogen and oxygen atoms in total. The molecule has 0 saturated carbocycles. The summed E-state index contributed by atoms with van der Waals surface area (Å²) < 4.78 is 0. The van der Waals surface area contributed by atoms with Crippen molar-refractivity contribution in [2.75, 3.05) is 0 Å². The van der Waals surface area contributed by atoms with Crippen molar-refractivity contribution in [2.24, 2.45) is 0 Å². The summed E-state index contributed by atoms with van der Waals surface area (Å²) in [6, 6.07) is 0. The summed E-state index contributed by atoms with van der Waals surface area (Å²) in [4.78, 5) is 9.36. The van der Waals surface area contributed by atoms with Crippen molar-refractivity contribution in [3.8, 4) is 0 Å². The van der Waals surface area contributed by atoms with Gasteiger partial charge in [-0.05, 0) is 24.8 Å². The molecule has 0 unspecified atom stereocenters. The summed E-state index contributed by atoms with van der Waals surface area (Å²) in [5.41, 5.74) is 3.78. The van der Waals surface area contributed by atoms with Gasteiger partial charge >= 0.3 is 0 Å². The van der Waals surface area contributed by atoms with Crippen LogP contribution in [0.5, 0.6) is 0 Å². The lowest BCUT2D eigenvalue weighted by Crippen LogP contribution is -2.10. The van der Waals surface area contributed by atoms with Crippen LogP contribution < -0.4 is 0 Å². The van der Waals surface area contributed by atoms with E-state index in [0.29, 0.717) is 11.8 Å². The molecular weight excluding hydrogens is 196 g/mol. The molecule has 0 amide bonds. The predicted octanol–water partition coefficient (Wildman–Crippen LogP) is 3.98. The van der Waals surface area contributed by atoms with Gasteiger partial charge in [0.2, 0.25) is 0 Å². The van der Waals surface area contributed by atoms with Crippen molar-refractivity contribution in [1.29, 1.82) is 0 Å². The number of hydrogen-bond donors (Lipinski definition) is 0. The highest BCUT2D eigenvalue weighted by atomic mass is 14.9. The monoisotopic (exact) mass is 220 g/mol. The van der Waals surface area contributed by atoms with Crippen molar-refractivity contribution < 1.29 is 0 Å². The van der Waals surface area contributed by atoms with E-state index in [1.807, 2.05) is 0 Å². The fourth-order valence-corrected chi connectivity index (χ4v) is 1.94. The molecule has 2 heteroatoms. The zero-order valence-electron chi connectivity index (χ0n) is 11.5. The molecule has 90 valence electrons. The minimum atomic E-state index is 0.409. The van der Waals surface area contributed by atoms with Crippen molar-refractivity contribution >= 4 is 0 Å². The summed E-state index contributed by atoms with van der Waals surface area (Å²) in [7, 11) is 0. The molecule has 0 atom stereocenters. The molecule has 1 rings (SSSR count). The second-order valence-electron chi connectivity index (χ2n) is 5.09. The average molecular weight is 220 g/mol. The van der Waals surface area contributed by atoms with E-state index in [1.54, 1.807) is 0 Å². The quantitative estimate of drug-likeness (QED) is 0.767. The Morgan fingerprint density at radius 1 is 1.00 bits per heavy atom. The first-order valence-corrected chi connectivity index (χ1v) is 6.34. The maximum atomic E-state index is 4.74. The van der Waals surface area contributed by atoms with E-state index in [2.05, 4.69) is 46.5 Å². The molecule has 0 aliphatic rings. The van der Waals surface area contributed by atoms with Gasteiger partial charge in [0.05, 0.1) is 5.69 Å². The first-order valence-electron chi connectivity index (χ1n) is 6.34. The number of aryl methyl sites for hydroxylation is 1. The van der Waals surface area contributed by atoms with E-state index in [-0.39, 0.29) is 0 Å². The lowest BCUT2D eigenvalue weighted by molar-refractivity contribution is 0.698. The minimum Gasteiger partial charge on any atom is -0.238 e. The van der Waals surface area contributed by atoms with Crippen molar-refractivity contribution in [3.63, 3.8) is 0 Å². The molecule has 0 radical (unpaired) electrons. The molecule has 1 heterocycles. The summed E-state index contributed by atoms with van der Waals surface area (Å²) in [6.45, 7) is 13.1. The molecule has 0 spiro atoms. The predicted molar refractivity (Wildman–Crippen MR) is 68.9 cm³/mol. The average Bonchev–Trinajstić information content (AvgIpc) is 2.20. The van der Waals surface area contributed by atoms with Crippen LogP contribution in [-0.2, 0) is 6.42 Å². The number of rotatable bonds is 4. The third-order valence-electron chi connectivity index (χ3n) is 2.83. The van der Waals surface area contributed by atoms with E-state index in [4.69, 9.17) is 4.98 Å². The fraction of sp³-hybridized carbons (Fsp3) is 0.714. The third kappa shape index (κ3) is 2.81. The van der Waals surface area contributed by atoms with E-state index >= 15 is 0 Å². The van der Waals surface area contributed by atoms with Gasteiger partial charge in [-0.25, -0.2) is 9.97 Å². The van der Waals surface area contributed by atoms with Gasteiger partial charge < -0.3 is 0 Å². The molecule has 0 aliphatic carbocycles. The molecule has 0 aromatic carbocycles. The molecule has 0 N–H and O–H groups in total. The van der Waals surface area contributed by atoms with Gasteiger partial charge in [0.25, 0.3) is 0 Å². The summed E-state index contributed by atoms with van der Waals surface area (Å²) in [6.07, 6.45) is 2.25. The van der Waals surface area contributed by atoms with Crippen LogP contribution >= 0.6 is 0 Å². The van der Waals surface area contributed by atoms with Gasteiger partial charge in [0, 0.05) is 11.6 Å². The SMILES string of the molecule is CCCc1c(C)nc(C(C)C)nc1C(C)C. The zero-order chi connectivity index (χ0) is 12.3. The Balaban J connectivity index is 3.27. The second kappa shape index (κ2) is 5.42. The molecular formula is C14H24N2. The largest absolute Gasteiger partial charge is 0.238 e. The number of nitrogens with zero attached hydrogens (tertiary/aromatic N) is 2. The van der Waals surface area contributed by atoms with Crippen LogP contribution in [0, 0.1) is 6.92 Å². The Hall–Kier alpha value is -0.920. The highest BCUT2D eigenvalue weighted by Crippen LogP contribution is 2.23. The first kappa shape index (κ1) is 13.1. The van der Waals surface area contributed by atoms with Crippen LogP contribution in [-0.4, -0.2) is 9.97 Å². The normalized spacial score (nSPS) is 11.5. The van der Waals surface area contributed by atoms with Gasteiger partial charge in [0.1, 0.15) is 5.82 Å². The molecule has 0 saturated heterocycles. The first-order chi connectivity index (χ1) is 7.47. The van der Waals surface area contributed by atoms with E-state index < -0.39 is 0 Å². The molecule has 1 aromatic heterocycles. The van der Waals surface area contributed by atoms with Crippen molar-refractivity contribution in [1.82, 2.24) is 9.97 Å². The fourth-order valence-electron chi connectivity index (χ4n) is 1.94. The zero-order valence-corrected chi connectivity index (χ0v) is 11.5. The highest BCUT2D eigenvalue weighted by Gasteiger charge is 2.15. The Morgan fingerprint density at radius 3 is 2.06 bits per heavy atom. The number of hydrogen-bond acceptors (Lipinski definition) is 2. The Bertz CT molecular complexity index is 354. The molecule has 0 aliphatic heterocycles. The van der Waals surface area contributed by atoms with Crippen LogP contribution in [0.4, 0.5) is 0 Å². The summed E-state index contributed by atoms with van der Waals surface area (Å²) in [5, 5.41) is 0. The van der Waals surface area contributed by atoms with Crippen LogP contribution in [0.3, 0.4) is 0 Å². The minimum absolute atomic E-state index is 0.409. The van der Waals surface area contributed by atoms with Crippen LogP contribution in [0.1, 0.15) is 75.7 Å². The smallest absolute Gasteiger partial charge is 0.131 e. The van der Waals surface area contributed by atoms with E-state index in [1.165, 1.54) is 17.0 Å². The van der Waals surface area contributed by atoms with Crippen LogP contribution in [0.2, 0.25) is 0 Å². The third-order valence-corrected chi connectivity index (χ3v) is 2.83. The second-order valence-corrected chi connectivity index (χ2v) is 5.09. The van der Waals surface area contributed by atoms with Gasteiger partial charge in [-0.3, -0.25) is 0 Å². The topological polar surface area (TPSA) is 25.8 Å². The molecule has 0 fully saturated rings. The van der Waals surface area contributed by atoms with Crippen LogP contribution in [0.15, 0.2) is 0 Å². The lowest BCUT2D eigenvalue weighted by Gasteiger charge is -2.16. The van der Waals surface area contributed by atoms with Gasteiger partial charge in [-0.2, -0.15) is 0 Å². The van der Waals surface area contributed by atoms with E-state index in [0.717, 1.165) is 18.7 Å².